The highest BCUT2D eigenvalue weighted by Crippen LogP contribution is 2.75. The molecule has 1 aromatic carbocycles. The molecule has 0 unspecified atom stereocenters. The van der Waals surface area contributed by atoms with E-state index >= 15 is 0 Å². The van der Waals surface area contributed by atoms with E-state index in [0.717, 1.165) is 5.57 Å². The predicted octanol–water partition coefficient (Wildman–Crippen LogP) is 3.60. The number of benzene rings is 1. The lowest BCUT2D eigenvalue weighted by Crippen LogP contribution is -2.75. The number of carbonyl (C=O) groups excluding carboxylic acids is 3. The molecule has 0 amide bonds. The SMILES string of the molecule is COc1ccc(C(=O)OC[C@]23CC[C@H]4[C@@H](C[C@H]5O[C@]56CC=CC(=O)[C@]46C)[C@]2(O)CC[C@@]3(O)[C@@](C)(O)[C@H]2CC(C)=C(C)C(=O)O2)cc1. The van der Waals surface area contributed by atoms with Gasteiger partial charge < -0.3 is 34.3 Å². The molecule has 4 aliphatic carbocycles. The van der Waals surface area contributed by atoms with Crippen molar-refractivity contribution in [1.82, 2.24) is 0 Å². The molecule has 1 saturated heterocycles. The van der Waals surface area contributed by atoms with E-state index in [1.165, 1.54) is 14.0 Å². The van der Waals surface area contributed by atoms with E-state index in [-0.39, 0.29) is 55.7 Å². The van der Waals surface area contributed by atoms with E-state index in [2.05, 4.69) is 0 Å². The summed E-state index contributed by atoms with van der Waals surface area (Å²) < 4.78 is 23.3. The molecule has 0 aromatic heterocycles. The Balaban J connectivity index is 1.30. The van der Waals surface area contributed by atoms with Crippen LogP contribution in [0.5, 0.6) is 5.75 Å². The van der Waals surface area contributed by atoms with Gasteiger partial charge in [0.1, 0.15) is 35.3 Å². The number of aliphatic hydroxyl groups is 3. The molecular formula is C36H44O10. The number of epoxide rings is 1. The van der Waals surface area contributed by atoms with Crippen molar-refractivity contribution in [1.29, 1.82) is 0 Å². The molecule has 1 aromatic rings. The lowest BCUT2D eigenvalue weighted by atomic mass is 9.42. The first-order chi connectivity index (χ1) is 21.6. The number of hydrogen-bond donors (Lipinski definition) is 3. The molecule has 3 N–H and O–H groups in total. The molecule has 1 spiro atoms. The van der Waals surface area contributed by atoms with Crippen LogP contribution >= 0.6 is 0 Å². The molecule has 2 heterocycles. The standard InChI is InChI=1S/C36H44O10/c1-20-17-27(45-29(38)21(20)2)32(4,40)36(42)16-15-34(41)25-18-28-35(46-28)13-6-7-26(37)31(35,3)24(25)12-14-33(34,36)19-44-30(39)22-8-10-23(43-5)11-9-22/h6-11,24-25,27-28,40-42H,12-19H2,1-5H3/t24-,25+,27+,28+,31-,32-,33+,34+,35+,36+/m0/s1. The number of fused-ring (bicyclic) bond motifs is 4. The number of cyclic esters (lactones) is 1. The number of ether oxygens (including phenoxy) is 4. The van der Waals surface area contributed by atoms with Crippen LogP contribution in [0.15, 0.2) is 47.6 Å². The van der Waals surface area contributed by atoms with Gasteiger partial charge in [-0.1, -0.05) is 11.6 Å². The minimum absolute atomic E-state index is 0.0232. The van der Waals surface area contributed by atoms with Gasteiger partial charge in [0.2, 0.25) is 0 Å². The number of hydrogen-bond acceptors (Lipinski definition) is 10. The van der Waals surface area contributed by atoms with Crippen molar-refractivity contribution in [2.24, 2.45) is 22.7 Å². The Morgan fingerprint density at radius 2 is 1.80 bits per heavy atom. The van der Waals surface area contributed by atoms with Crippen LogP contribution in [0.3, 0.4) is 0 Å². The predicted molar refractivity (Wildman–Crippen MR) is 164 cm³/mol. The first-order valence-corrected chi connectivity index (χ1v) is 16.4. The first-order valence-electron chi connectivity index (χ1n) is 16.4. The Hall–Kier alpha value is -3.05. The van der Waals surface area contributed by atoms with Gasteiger partial charge in [-0.05, 0) is 108 Å². The van der Waals surface area contributed by atoms with Crippen LogP contribution < -0.4 is 4.74 Å². The number of allylic oxidation sites excluding steroid dienone is 1. The van der Waals surface area contributed by atoms with Gasteiger partial charge in [0.25, 0.3) is 0 Å². The average molecular weight is 637 g/mol. The fourth-order valence-corrected chi connectivity index (χ4v) is 10.4. The van der Waals surface area contributed by atoms with Crippen molar-refractivity contribution in [2.45, 2.75) is 107 Å². The van der Waals surface area contributed by atoms with E-state index in [0.29, 0.717) is 30.6 Å². The summed E-state index contributed by atoms with van der Waals surface area (Å²) >= 11 is 0. The smallest absolute Gasteiger partial charge is 0.338 e. The monoisotopic (exact) mass is 636 g/mol. The fraction of sp³-hybridized carbons (Fsp3) is 0.639. The topological polar surface area (TPSA) is 152 Å². The van der Waals surface area contributed by atoms with E-state index in [1.54, 1.807) is 44.2 Å². The van der Waals surface area contributed by atoms with Crippen LogP contribution in [0, 0.1) is 22.7 Å². The molecular weight excluding hydrogens is 592 g/mol. The molecule has 2 aliphatic heterocycles. The van der Waals surface area contributed by atoms with Gasteiger partial charge in [0, 0.05) is 12.0 Å². The van der Waals surface area contributed by atoms with Crippen LogP contribution in [0.2, 0.25) is 0 Å². The molecule has 248 valence electrons. The van der Waals surface area contributed by atoms with Gasteiger partial charge in [-0.2, -0.15) is 0 Å². The third-order valence-corrected chi connectivity index (χ3v) is 13.5. The van der Waals surface area contributed by atoms with Crippen molar-refractivity contribution < 1.29 is 48.7 Å². The van der Waals surface area contributed by atoms with Crippen molar-refractivity contribution in [3.8, 4) is 5.75 Å². The molecule has 6 aliphatic rings. The second-order valence-electron chi connectivity index (χ2n) is 15.0. The van der Waals surface area contributed by atoms with Gasteiger partial charge in [0.05, 0.1) is 35.2 Å². The molecule has 7 rings (SSSR count). The Kier molecular flexibility index (Phi) is 6.84. The zero-order valence-electron chi connectivity index (χ0n) is 27.1. The summed E-state index contributed by atoms with van der Waals surface area (Å²) in [4.78, 5) is 39.9. The summed E-state index contributed by atoms with van der Waals surface area (Å²) in [5.41, 5.74) is -7.26. The van der Waals surface area contributed by atoms with E-state index in [9.17, 15) is 29.7 Å². The minimum atomic E-state index is -2.04. The number of rotatable bonds is 6. The Labute approximate surface area is 268 Å². The summed E-state index contributed by atoms with van der Waals surface area (Å²) in [6, 6.07) is 6.43. The average Bonchev–Trinajstić information content (AvgIpc) is 3.69. The second kappa shape index (κ2) is 9.98. The highest BCUT2D eigenvalue weighted by molar-refractivity contribution is 5.98. The van der Waals surface area contributed by atoms with Gasteiger partial charge in [-0.25, -0.2) is 9.59 Å². The van der Waals surface area contributed by atoms with E-state index in [1.807, 2.05) is 13.0 Å². The normalized spacial score (nSPS) is 43.8. The van der Waals surface area contributed by atoms with Crippen molar-refractivity contribution in [3.05, 3.63) is 53.1 Å². The van der Waals surface area contributed by atoms with Crippen LogP contribution in [0.4, 0.5) is 0 Å². The summed E-state index contributed by atoms with van der Waals surface area (Å²) in [7, 11) is 1.53. The summed E-state index contributed by atoms with van der Waals surface area (Å²) in [6.45, 7) is 6.48. The van der Waals surface area contributed by atoms with Crippen LogP contribution in [-0.4, -0.2) is 81.4 Å². The van der Waals surface area contributed by atoms with Crippen LogP contribution in [-0.2, 0) is 23.8 Å². The van der Waals surface area contributed by atoms with Gasteiger partial charge >= 0.3 is 11.9 Å². The highest BCUT2D eigenvalue weighted by atomic mass is 16.6. The molecule has 10 nitrogen and oxygen atoms in total. The molecule has 0 bridgehead atoms. The molecule has 0 radical (unpaired) electrons. The van der Waals surface area contributed by atoms with Gasteiger partial charge in [-0.3, -0.25) is 4.79 Å². The minimum Gasteiger partial charge on any atom is -0.497 e. The van der Waals surface area contributed by atoms with Crippen molar-refractivity contribution in [3.63, 3.8) is 0 Å². The Morgan fingerprint density at radius 3 is 2.48 bits per heavy atom. The number of carbonyl (C=O) groups is 3. The van der Waals surface area contributed by atoms with Crippen molar-refractivity contribution in [2.75, 3.05) is 13.7 Å². The third kappa shape index (κ3) is 3.75. The van der Waals surface area contributed by atoms with Gasteiger partial charge in [-0.15, -0.1) is 0 Å². The third-order valence-electron chi connectivity index (χ3n) is 13.5. The first kappa shape index (κ1) is 31.5. The Bertz CT molecular complexity index is 1560. The quantitative estimate of drug-likeness (QED) is 0.312. The van der Waals surface area contributed by atoms with Gasteiger partial charge in [0.15, 0.2) is 5.78 Å². The maximum Gasteiger partial charge on any atom is 0.338 e. The fourth-order valence-electron chi connectivity index (χ4n) is 10.4. The largest absolute Gasteiger partial charge is 0.497 e. The molecule has 10 atom stereocenters. The molecule has 46 heavy (non-hydrogen) atoms. The summed E-state index contributed by atoms with van der Waals surface area (Å²) in [5.74, 6) is -1.41. The number of ketones is 1. The molecule has 3 saturated carbocycles. The molecule has 10 heteroatoms. The number of methoxy groups -OCH3 is 1. The lowest BCUT2D eigenvalue weighted by Gasteiger charge is -2.64. The maximum absolute atomic E-state index is 13.6. The number of esters is 2. The van der Waals surface area contributed by atoms with Crippen molar-refractivity contribution >= 4 is 17.7 Å². The van der Waals surface area contributed by atoms with Crippen LogP contribution in [0.1, 0.15) is 83.0 Å². The summed E-state index contributed by atoms with van der Waals surface area (Å²) in [6.07, 6.45) is 4.13. The van der Waals surface area contributed by atoms with E-state index in [4.69, 9.17) is 18.9 Å². The molecule has 4 fully saturated rings. The Morgan fingerprint density at radius 1 is 1.09 bits per heavy atom. The maximum atomic E-state index is 13.6. The van der Waals surface area contributed by atoms with Crippen LogP contribution in [0.25, 0.3) is 0 Å². The zero-order chi connectivity index (χ0) is 33.1. The summed E-state index contributed by atoms with van der Waals surface area (Å²) in [5, 5.41) is 38.5. The zero-order valence-corrected chi connectivity index (χ0v) is 27.1. The highest BCUT2D eigenvalue weighted by Gasteiger charge is 2.83. The van der Waals surface area contributed by atoms with E-state index < -0.39 is 57.2 Å². The second-order valence-corrected chi connectivity index (χ2v) is 15.0. The lowest BCUT2D eigenvalue weighted by molar-refractivity contribution is -0.295.